The van der Waals surface area contributed by atoms with Crippen molar-refractivity contribution in [2.24, 2.45) is 34.0 Å². The summed E-state index contributed by atoms with van der Waals surface area (Å²) in [6.07, 6.45) is -26.5. The lowest BCUT2D eigenvalue weighted by Crippen LogP contribution is -2.59. The Kier molecular flexibility index (Phi) is 7.17. The normalized spacial score (nSPS) is 25.6. The molecule has 1 aliphatic carbocycles. The third-order valence-electron chi connectivity index (χ3n) is 7.71. The number of halogens is 12. The minimum atomic E-state index is -5.91. The van der Waals surface area contributed by atoms with Crippen molar-refractivity contribution in [2.45, 2.75) is 85.0 Å². The Morgan fingerprint density at radius 2 is 0.710 bits per heavy atom. The van der Waals surface area contributed by atoms with Crippen LogP contribution in [0.15, 0.2) is 0 Å². The topological polar surface area (TPSA) is 0 Å². The molecule has 2 unspecified atom stereocenters. The first kappa shape index (κ1) is 28.2. The van der Waals surface area contributed by atoms with E-state index in [1.165, 1.54) is 20.8 Å². The van der Waals surface area contributed by atoms with E-state index in [4.69, 9.17) is 0 Å². The van der Waals surface area contributed by atoms with Crippen molar-refractivity contribution in [3.63, 3.8) is 0 Å². The van der Waals surface area contributed by atoms with Gasteiger partial charge in [-0.2, -0.15) is 52.7 Å². The molecule has 0 aromatic heterocycles. The van der Waals surface area contributed by atoms with Gasteiger partial charge in [-0.25, -0.2) is 0 Å². The van der Waals surface area contributed by atoms with E-state index in [9.17, 15) is 52.7 Å². The molecule has 1 fully saturated rings. The summed E-state index contributed by atoms with van der Waals surface area (Å²) in [6.45, 7) is 4.03. The van der Waals surface area contributed by atoms with Gasteiger partial charge in [-0.3, -0.25) is 0 Å². The summed E-state index contributed by atoms with van der Waals surface area (Å²) in [5.41, 5.74) is -9.95. The Morgan fingerprint density at radius 1 is 0.484 bits per heavy atom. The third-order valence-corrected chi connectivity index (χ3v) is 7.71. The average Bonchev–Trinajstić information content (AvgIpc) is 2.55. The van der Waals surface area contributed by atoms with Gasteiger partial charge in [0.1, 0.15) is 0 Å². The molecule has 0 aromatic rings. The summed E-state index contributed by atoms with van der Waals surface area (Å²) in [4.78, 5) is 0. The molecule has 12 heteroatoms. The Bertz CT molecular complexity index is 546. The van der Waals surface area contributed by atoms with Crippen LogP contribution in [0.2, 0.25) is 0 Å². The molecule has 1 saturated carbocycles. The van der Waals surface area contributed by atoms with Gasteiger partial charge in [0.05, 0.1) is 0 Å². The summed E-state index contributed by atoms with van der Waals surface area (Å²) in [6, 6.07) is 0. The van der Waals surface area contributed by atoms with Crippen molar-refractivity contribution in [3.8, 4) is 0 Å². The van der Waals surface area contributed by atoms with Gasteiger partial charge in [-0.05, 0) is 56.3 Å². The molecule has 0 bridgehead atoms. The van der Waals surface area contributed by atoms with E-state index in [2.05, 4.69) is 0 Å². The standard InChI is InChI=1S/C19H26F12/c1-6-13(2,3)10-7-11(14(4,16(20,21)22)17(23,24)25)9-12(8-10)15(5,18(26,27)28)19(29,30)31/h10-12H,6-9H2,1-5H3. The molecule has 0 amide bonds. The number of hydrogen-bond donors (Lipinski definition) is 0. The van der Waals surface area contributed by atoms with Gasteiger partial charge in [0.15, 0.2) is 10.8 Å². The summed E-state index contributed by atoms with van der Waals surface area (Å²) in [5, 5.41) is 0. The first-order chi connectivity index (χ1) is 13.4. The molecule has 1 rings (SSSR count). The molecular weight excluding hydrogens is 456 g/mol. The molecule has 0 aromatic carbocycles. The van der Waals surface area contributed by atoms with E-state index in [0.29, 0.717) is 0 Å². The van der Waals surface area contributed by atoms with Crippen LogP contribution in [0.5, 0.6) is 0 Å². The summed E-state index contributed by atoms with van der Waals surface area (Å²) in [7, 11) is 0. The second-order valence-corrected chi connectivity index (χ2v) is 9.54. The molecule has 0 saturated heterocycles. The average molecular weight is 482 g/mol. The predicted octanol–water partition coefficient (Wildman–Crippen LogP) is 8.72. The Balaban J connectivity index is 3.75. The first-order valence-corrected chi connectivity index (χ1v) is 9.64. The minimum Gasteiger partial charge on any atom is -0.170 e. The van der Waals surface area contributed by atoms with Crippen LogP contribution in [0.3, 0.4) is 0 Å². The van der Waals surface area contributed by atoms with E-state index in [-0.39, 0.29) is 20.3 Å². The highest BCUT2D eigenvalue weighted by atomic mass is 19.4. The highest BCUT2D eigenvalue weighted by molar-refractivity contribution is 5.05. The van der Waals surface area contributed by atoms with Crippen molar-refractivity contribution in [3.05, 3.63) is 0 Å². The summed E-state index contributed by atoms with van der Waals surface area (Å²) in [5.74, 6) is -6.19. The van der Waals surface area contributed by atoms with Gasteiger partial charge in [0, 0.05) is 0 Å². The van der Waals surface area contributed by atoms with Crippen molar-refractivity contribution in [2.75, 3.05) is 0 Å². The highest BCUT2D eigenvalue weighted by Gasteiger charge is 2.75. The van der Waals surface area contributed by atoms with Crippen molar-refractivity contribution in [1.29, 1.82) is 0 Å². The quantitative estimate of drug-likeness (QED) is 0.352. The second kappa shape index (κ2) is 7.88. The fourth-order valence-electron chi connectivity index (χ4n) is 4.44. The van der Waals surface area contributed by atoms with Crippen LogP contribution >= 0.6 is 0 Å². The zero-order valence-corrected chi connectivity index (χ0v) is 17.6. The smallest absolute Gasteiger partial charge is 0.170 e. The summed E-state index contributed by atoms with van der Waals surface area (Å²) >= 11 is 0. The molecule has 2 atom stereocenters. The van der Waals surface area contributed by atoms with Crippen molar-refractivity contribution < 1.29 is 52.7 Å². The SMILES string of the molecule is CCC(C)(C)C1CC(C(C)(C(F)(F)F)C(F)(F)F)CC(C(C)(C(F)(F)F)C(F)(F)F)C1. The van der Waals surface area contributed by atoms with E-state index in [0.717, 1.165) is 0 Å². The van der Waals surface area contributed by atoms with E-state index >= 15 is 0 Å². The molecule has 0 nitrogen and oxygen atoms in total. The fourth-order valence-corrected chi connectivity index (χ4v) is 4.44. The van der Waals surface area contributed by atoms with E-state index in [1.807, 2.05) is 0 Å². The first-order valence-electron chi connectivity index (χ1n) is 9.64. The fraction of sp³-hybridized carbons (Fsp3) is 1.00. The molecule has 186 valence electrons. The lowest BCUT2D eigenvalue weighted by Gasteiger charge is -2.53. The summed E-state index contributed by atoms with van der Waals surface area (Å²) < 4.78 is 163. The number of rotatable bonds is 4. The lowest BCUT2D eigenvalue weighted by atomic mass is 9.54. The van der Waals surface area contributed by atoms with Gasteiger partial charge in [0.2, 0.25) is 0 Å². The molecule has 1 aliphatic rings. The Hall–Kier alpha value is -0.840. The van der Waals surface area contributed by atoms with Gasteiger partial charge >= 0.3 is 24.7 Å². The predicted molar refractivity (Wildman–Crippen MR) is 88.8 cm³/mol. The van der Waals surface area contributed by atoms with Crippen LogP contribution in [0.25, 0.3) is 0 Å². The van der Waals surface area contributed by atoms with Crippen LogP contribution in [-0.2, 0) is 0 Å². The van der Waals surface area contributed by atoms with Crippen LogP contribution in [-0.4, -0.2) is 24.7 Å². The second-order valence-electron chi connectivity index (χ2n) is 9.54. The zero-order chi connectivity index (χ0) is 25.1. The monoisotopic (exact) mass is 482 g/mol. The molecule has 0 radical (unpaired) electrons. The maximum atomic E-state index is 13.6. The van der Waals surface area contributed by atoms with Gasteiger partial charge in [0.25, 0.3) is 0 Å². The number of hydrogen-bond acceptors (Lipinski definition) is 0. The van der Waals surface area contributed by atoms with Crippen LogP contribution in [0.1, 0.15) is 60.3 Å². The van der Waals surface area contributed by atoms with Gasteiger partial charge < -0.3 is 0 Å². The largest absolute Gasteiger partial charge is 0.403 e. The van der Waals surface area contributed by atoms with Gasteiger partial charge in [-0.15, -0.1) is 0 Å². The lowest BCUT2D eigenvalue weighted by molar-refractivity contribution is -0.373. The molecule has 0 spiro atoms. The molecule has 31 heavy (non-hydrogen) atoms. The van der Waals surface area contributed by atoms with Crippen molar-refractivity contribution >= 4 is 0 Å². The van der Waals surface area contributed by atoms with E-state index < -0.39 is 78.0 Å². The number of alkyl halides is 12. The third kappa shape index (κ3) is 4.63. The van der Waals surface area contributed by atoms with E-state index in [1.54, 1.807) is 0 Å². The Labute approximate surface area is 172 Å². The molecule has 0 aliphatic heterocycles. The van der Waals surface area contributed by atoms with Crippen LogP contribution < -0.4 is 0 Å². The maximum absolute atomic E-state index is 13.6. The molecule has 0 N–H and O–H groups in total. The van der Waals surface area contributed by atoms with Crippen molar-refractivity contribution in [1.82, 2.24) is 0 Å². The van der Waals surface area contributed by atoms with Crippen LogP contribution in [0, 0.1) is 34.0 Å². The Morgan fingerprint density at radius 3 is 0.903 bits per heavy atom. The zero-order valence-electron chi connectivity index (χ0n) is 17.6. The molecule has 0 heterocycles. The maximum Gasteiger partial charge on any atom is 0.403 e. The molecular formula is C19H26F12. The highest BCUT2D eigenvalue weighted by Crippen LogP contribution is 2.65. The van der Waals surface area contributed by atoms with Crippen LogP contribution in [0.4, 0.5) is 52.7 Å². The van der Waals surface area contributed by atoms with Gasteiger partial charge in [-0.1, -0.05) is 27.2 Å². The minimum absolute atomic E-state index is 0.153.